The third-order valence-corrected chi connectivity index (χ3v) is 1.13. The number of urea groups is 1. The van der Waals surface area contributed by atoms with Crippen LogP contribution < -0.4 is 16.5 Å². The van der Waals surface area contributed by atoms with Crippen LogP contribution in [-0.2, 0) is 0 Å². The van der Waals surface area contributed by atoms with Crippen molar-refractivity contribution in [2.24, 2.45) is 5.73 Å². The molecule has 2 amide bonds. The first-order valence-electron chi connectivity index (χ1n) is 2.81. The Labute approximate surface area is 53.2 Å². The van der Waals surface area contributed by atoms with Crippen LogP contribution in [0.1, 0.15) is 0 Å². The minimum atomic E-state index is -0.501. The summed E-state index contributed by atoms with van der Waals surface area (Å²) in [5, 5.41) is 4.76. The molecule has 0 aliphatic carbocycles. The van der Waals surface area contributed by atoms with E-state index in [4.69, 9.17) is 5.73 Å². The molecule has 5 nitrogen and oxygen atoms in total. The molecule has 1 rings (SSSR count). The van der Waals surface area contributed by atoms with E-state index in [-0.39, 0.29) is 0 Å². The number of primary amides is 1. The molecular weight excluding hydrogens is 120 g/mol. The third-order valence-electron chi connectivity index (χ3n) is 1.13. The summed E-state index contributed by atoms with van der Waals surface area (Å²) < 4.78 is 0. The van der Waals surface area contributed by atoms with E-state index in [0.717, 1.165) is 13.1 Å². The number of nitrogens with one attached hydrogen (secondary N) is 2. The standard InChI is InChI=1S/C4H10N4O/c5-4(9)7-8-2-1-6-3-8/h6H,1-3H2,(H3,5,7,9). The van der Waals surface area contributed by atoms with E-state index in [0.29, 0.717) is 6.67 Å². The first-order chi connectivity index (χ1) is 4.29. The van der Waals surface area contributed by atoms with Crippen LogP contribution in [0.3, 0.4) is 0 Å². The first-order valence-corrected chi connectivity index (χ1v) is 2.81. The fourth-order valence-corrected chi connectivity index (χ4v) is 0.758. The third kappa shape index (κ3) is 1.87. The Hall–Kier alpha value is -0.810. The fraction of sp³-hybridized carbons (Fsp3) is 0.750. The molecule has 1 saturated heterocycles. The summed E-state index contributed by atoms with van der Waals surface area (Å²) in [5.74, 6) is 0. The summed E-state index contributed by atoms with van der Waals surface area (Å²) >= 11 is 0. The molecular formula is C4H10N4O. The number of hydrogen-bond donors (Lipinski definition) is 3. The largest absolute Gasteiger partial charge is 0.351 e. The predicted molar refractivity (Wildman–Crippen MR) is 32.3 cm³/mol. The Kier molecular flexibility index (Phi) is 1.86. The van der Waals surface area contributed by atoms with Gasteiger partial charge < -0.3 is 11.1 Å². The monoisotopic (exact) mass is 130 g/mol. The quantitative estimate of drug-likeness (QED) is 0.401. The van der Waals surface area contributed by atoms with Crippen LogP contribution in [0.5, 0.6) is 0 Å². The second-order valence-electron chi connectivity index (χ2n) is 1.90. The van der Waals surface area contributed by atoms with Gasteiger partial charge in [-0.25, -0.2) is 9.80 Å². The predicted octanol–water partition coefficient (Wildman–Crippen LogP) is -1.57. The van der Waals surface area contributed by atoms with Gasteiger partial charge in [0.05, 0.1) is 6.67 Å². The lowest BCUT2D eigenvalue weighted by Crippen LogP contribution is -2.44. The van der Waals surface area contributed by atoms with Gasteiger partial charge in [-0.1, -0.05) is 0 Å². The van der Waals surface area contributed by atoms with Gasteiger partial charge in [-0.15, -0.1) is 0 Å². The van der Waals surface area contributed by atoms with Gasteiger partial charge in [-0.05, 0) is 0 Å². The van der Waals surface area contributed by atoms with Crippen molar-refractivity contribution in [1.29, 1.82) is 0 Å². The van der Waals surface area contributed by atoms with Gasteiger partial charge in [0.15, 0.2) is 0 Å². The van der Waals surface area contributed by atoms with Crippen molar-refractivity contribution in [3.63, 3.8) is 0 Å². The molecule has 4 N–H and O–H groups in total. The highest BCUT2D eigenvalue weighted by Crippen LogP contribution is 1.84. The highest BCUT2D eigenvalue weighted by molar-refractivity contribution is 5.70. The molecule has 1 aliphatic rings. The maximum absolute atomic E-state index is 10.2. The average Bonchev–Trinajstić information content (AvgIpc) is 2.15. The molecule has 9 heavy (non-hydrogen) atoms. The first kappa shape index (κ1) is 6.31. The van der Waals surface area contributed by atoms with E-state index in [1.807, 2.05) is 0 Å². The van der Waals surface area contributed by atoms with Gasteiger partial charge in [-0.2, -0.15) is 0 Å². The van der Waals surface area contributed by atoms with Gasteiger partial charge in [0.2, 0.25) is 0 Å². The Morgan fingerprint density at radius 1 is 1.78 bits per heavy atom. The number of nitrogens with two attached hydrogens (primary N) is 1. The normalized spacial score (nSPS) is 20.0. The molecule has 0 spiro atoms. The van der Waals surface area contributed by atoms with Crippen LogP contribution in [0.15, 0.2) is 0 Å². The van der Waals surface area contributed by atoms with Gasteiger partial charge in [0, 0.05) is 13.1 Å². The zero-order chi connectivity index (χ0) is 6.69. The van der Waals surface area contributed by atoms with Crippen LogP contribution in [0.4, 0.5) is 4.79 Å². The molecule has 0 atom stereocenters. The van der Waals surface area contributed by atoms with Gasteiger partial charge in [-0.3, -0.25) is 5.43 Å². The van der Waals surface area contributed by atoms with Gasteiger partial charge in [0.25, 0.3) is 0 Å². The van der Waals surface area contributed by atoms with Crippen molar-refractivity contribution in [2.75, 3.05) is 19.8 Å². The van der Waals surface area contributed by atoms with Gasteiger partial charge >= 0.3 is 6.03 Å². The fourth-order valence-electron chi connectivity index (χ4n) is 0.758. The van der Waals surface area contributed by atoms with Gasteiger partial charge in [0.1, 0.15) is 0 Å². The van der Waals surface area contributed by atoms with Crippen molar-refractivity contribution in [3.8, 4) is 0 Å². The van der Waals surface area contributed by atoms with Crippen molar-refractivity contribution >= 4 is 6.03 Å². The minimum Gasteiger partial charge on any atom is -0.351 e. The van der Waals surface area contributed by atoms with Crippen molar-refractivity contribution < 1.29 is 4.79 Å². The molecule has 1 heterocycles. The molecule has 5 heteroatoms. The van der Waals surface area contributed by atoms with Crippen LogP contribution in [-0.4, -0.2) is 30.8 Å². The second-order valence-corrected chi connectivity index (χ2v) is 1.90. The Morgan fingerprint density at radius 2 is 2.56 bits per heavy atom. The molecule has 0 aromatic heterocycles. The lowest BCUT2D eigenvalue weighted by Gasteiger charge is -2.12. The van der Waals surface area contributed by atoms with Crippen LogP contribution in [0.25, 0.3) is 0 Å². The summed E-state index contributed by atoms with van der Waals surface area (Å²) in [7, 11) is 0. The van der Waals surface area contributed by atoms with E-state index < -0.39 is 6.03 Å². The molecule has 1 aliphatic heterocycles. The highest BCUT2D eigenvalue weighted by Gasteiger charge is 2.10. The topological polar surface area (TPSA) is 70.4 Å². The van der Waals surface area contributed by atoms with E-state index in [1.165, 1.54) is 0 Å². The second kappa shape index (κ2) is 2.65. The molecule has 0 saturated carbocycles. The molecule has 0 aromatic rings. The lowest BCUT2D eigenvalue weighted by molar-refractivity contribution is 0.204. The number of rotatable bonds is 1. The maximum Gasteiger partial charge on any atom is 0.326 e. The number of hydrogen-bond acceptors (Lipinski definition) is 3. The molecule has 0 radical (unpaired) electrons. The maximum atomic E-state index is 10.2. The number of hydrazine groups is 1. The summed E-state index contributed by atoms with van der Waals surface area (Å²) in [4.78, 5) is 10.2. The van der Waals surface area contributed by atoms with Crippen molar-refractivity contribution in [1.82, 2.24) is 15.8 Å². The van der Waals surface area contributed by atoms with E-state index in [2.05, 4.69) is 10.7 Å². The van der Waals surface area contributed by atoms with Crippen LogP contribution in [0.2, 0.25) is 0 Å². The number of nitrogens with zero attached hydrogens (tertiary/aromatic N) is 1. The molecule has 1 fully saturated rings. The molecule has 0 aromatic carbocycles. The SMILES string of the molecule is NC(=O)NN1CCNC1. The summed E-state index contributed by atoms with van der Waals surface area (Å²) in [6.45, 7) is 2.41. The number of carbonyl (C=O) groups excluding carboxylic acids is 1. The van der Waals surface area contributed by atoms with E-state index in [1.54, 1.807) is 5.01 Å². The smallest absolute Gasteiger partial charge is 0.326 e. The Morgan fingerprint density at radius 3 is 3.00 bits per heavy atom. The van der Waals surface area contributed by atoms with Crippen LogP contribution in [0, 0.1) is 0 Å². The molecule has 0 unspecified atom stereocenters. The van der Waals surface area contributed by atoms with Crippen LogP contribution >= 0.6 is 0 Å². The lowest BCUT2D eigenvalue weighted by atomic mass is 10.7. The Bertz CT molecular complexity index is 109. The highest BCUT2D eigenvalue weighted by atomic mass is 16.2. The minimum absolute atomic E-state index is 0.501. The van der Waals surface area contributed by atoms with E-state index in [9.17, 15) is 4.79 Å². The van der Waals surface area contributed by atoms with Crippen molar-refractivity contribution in [2.45, 2.75) is 0 Å². The summed E-state index contributed by atoms with van der Waals surface area (Å²) in [6, 6.07) is -0.501. The summed E-state index contributed by atoms with van der Waals surface area (Å²) in [6.07, 6.45) is 0. The zero-order valence-corrected chi connectivity index (χ0v) is 5.05. The summed E-state index contributed by atoms with van der Waals surface area (Å²) in [5.41, 5.74) is 7.30. The van der Waals surface area contributed by atoms with Crippen molar-refractivity contribution in [3.05, 3.63) is 0 Å². The molecule has 52 valence electrons. The Balaban J connectivity index is 2.19. The van der Waals surface area contributed by atoms with E-state index >= 15 is 0 Å². The molecule has 0 bridgehead atoms. The number of carbonyl (C=O) groups is 1. The number of amides is 2. The zero-order valence-electron chi connectivity index (χ0n) is 5.05. The average molecular weight is 130 g/mol.